The van der Waals surface area contributed by atoms with Gasteiger partial charge < -0.3 is 15.4 Å². The predicted molar refractivity (Wildman–Crippen MR) is 139 cm³/mol. The maximum Gasteiger partial charge on any atom is 0.263 e. The van der Waals surface area contributed by atoms with Crippen LogP contribution in [0.5, 0.6) is 0 Å². The number of carbonyl (C=O) groups is 2. The van der Waals surface area contributed by atoms with E-state index in [1.807, 2.05) is 32.2 Å². The fourth-order valence-corrected chi connectivity index (χ4v) is 4.67. The minimum Gasteiger partial charge on any atom is -0.381 e. The van der Waals surface area contributed by atoms with Gasteiger partial charge in [0.2, 0.25) is 0 Å². The summed E-state index contributed by atoms with van der Waals surface area (Å²) in [7, 11) is 0. The molecule has 4 rings (SSSR count). The Bertz CT molecular complexity index is 1260. The van der Waals surface area contributed by atoms with Crippen molar-refractivity contribution < 1.29 is 14.3 Å². The summed E-state index contributed by atoms with van der Waals surface area (Å²) < 4.78 is 7.01. The number of anilines is 2. The van der Waals surface area contributed by atoms with E-state index in [2.05, 4.69) is 37.6 Å². The molecule has 184 valence electrons. The van der Waals surface area contributed by atoms with E-state index in [1.165, 1.54) is 18.0 Å². The van der Waals surface area contributed by atoms with Crippen molar-refractivity contribution in [2.75, 3.05) is 29.7 Å². The number of aromatic nitrogens is 4. The lowest BCUT2D eigenvalue weighted by Gasteiger charge is -2.20. The molecule has 10 nitrogen and oxygen atoms in total. The molecule has 3 N–H and O–H groups in total. The van der Waals surface area contributed by atoms with E-state index >= 15 is 0 Å². The third-order valence-corrected chi connectivity index (χ3v) is 6.80. The number of aromatic amines is 1. The number of aliphatic imine (C=N–C) groups is 1. The number of ether oxygens (including phenoxy) is 1. The number of thioether (sulfide) groups is 1. The Kier molecular flexibility index (Phi) is 7.98. The molecule has 2 aromatic heterocycles. The summed E-state index contributed by atoms with van der Waals surface area (Å²) >= 11 is 1.29. The molecular formula is C24H29N7O3S. The van der Waals surface area contributed by atoms with Crippen molar-refractivity contribution in [2.24, 2.45) is 10.9 Å². The van der Waals surface area contributed by atoms with Gasteiger partial charge in [-0.05, 0) is 45.0 Å². The third kappa shape index (κ3) is 5.98. The van der Waals surface area contributed by atoms with Crippen LogP contribution in [0.25, 0.3) is 10.9 Å². The summed E-state index contributed by atoms with van der Waals surface area (Å²) in [5.41, 5.74) is 3.39. The van der Waals surface area contributed by atoms with Gasteiger partial charge in [0.05, 0.1) is 34.7 Å². The van der Waals surface area contributed by atoms with E-state index in [0.717, 1.165) is 34.9 Å². The molecule has 1 aliphatic heterocycles. The number of hydrogen-bond acceptors (Lipinski definition) is 8. The second-order valence-corrected chi connectivity index (χ2v) is 9.41. The SMILES string of the molecule is C=N/C=C(\SCNc1nn(CC(=O)C2CCOCC2)cc1C)C(=O)Nc1c(C)ccc2[nH]ncc12. The second kappa shape index (κ2) is 11.3. The summed E-state index contributed by atoms with van der Waals surface area (Å²) in [6.07, 6.45) is 6.51. The lowest BCUT2D eigenvalue weighted by Crippen LogP contribution is -2.26. The standard InChI is InChI=1S/C24H29N7O3S/c1-15-4-5-19-18(10-27-29-19)22(15)28-24(33)21(11-25-3)35-14-26-23-16(2)12-31(30-23)13-20(32)17-6-8-34-9-7-17/h4-5,10-12,17H,3,6-9,13-14H2,1-2H3,(H,26,30)(H,27,29)(H,28,33)/b21-11-. The number of Topliss-reactive ketones (excluding diaryl/α,β-unsaturated/α-hetero) is 1. The van der Waals surface area contributed by atoms with Gasteiger partial charge in [0.1, 0.15) is 0 Å². The molecule has 1 amide bonds. The van der Waals surface area contributed by atoms with Gasteiger partial charge in [-0.2, -0.15) is 10.2 Å². The second-order valence-electron chi connectivity index (χ2n) is 8.40. The first kappa shape index (κ1) is 24.7. The highest BCUT2D eigenvalue weighted by Crippen LogP contribution is 2.28. The Morgan fingerprint density at radius 1 is 1.31 bits per heavy atom. The fraction of sp³-hybridized carbons (Fsp3) is 0.375. The van der Waals surface area contributed by atoms with Crippen molar-refractivity contribution in [2.45, 2.75) is 33.2 Å². The highest BCUT2D eigenvalue weighted by molar-refractivity contribution is 8.04. The molecule has 3 heterocycles. The van der Waals surface area contributed by atoms with Crippen molar-refractivity contribution in [1.82, 2.24) is 20.0 Å². The number of H-pyrrole nitrogens is 1. The summed E-state index contributed by atoms with van der Waals surface area (Å²) in [4.78, 5) is 29.7. The molecule has 11 heteroatoms. The Hall–Kier alpha value is -3.44. The van der Waals surface area contributed by atoms with Crippen LogP contribution in [0, 0.1) is 19.8 Å². The van der Waals surface area contributed by atoms with Gasteiger partial charge in [0.15, 0.2) is 11.6 Å². The van der Waals surface area contributed by atoms with Gasteiger partial charge in [0, 0.05) is 42.5 Å². The number of nitrogens with zero attached hydrogens (tertiary/aromatic N) is 4. The quantitative estimate of drug-likeness (QED) is 0.223. The molecule has 35 heavy (non-hydrogen) atoms. The molecule has 1 aliphatic rings. The zero-order valence-corrected chi connectivity index (χ0v) is 20.7. The number of ketones is 1. The van der Waals surface area contributed by atoms with Crippen LogP contribution in [-0.4, -0.2) is 57.5 Å². The number of nitrogens with one attached hydrogen (secondary N) is 3. The first-order valence-electron chi connectivity index (χ1n) is 11.4. The Morgan fingerprint density at radius 2 is 2.11 bits per heavy atom. The number of fused-ring (bicyclic) bond motifs is 1. The number of carbonyl (C=O) groups excluding carboxylic acids is 2. The van der Waals surface area contributed by atoms with Gasteiger partial charge in [-0.3, -0.25) is 24.4 Å². The summed E-state index contributed by atoms with van der Waals surface area (Å²) in [5, 5.41) is 18.5. The van der Waals surface area contributed by atoms with Crippen LogP contribution in [0.4, 0.5) is 11.5 Å². The largest absolute Gasteiger partial charge is 0.381 e. The van der Waals surface area contributed by atoms with Crippen molar-refractivity contribution in [3.05, 3.63) is 46.8 Å². The van der Waals surface area contributed by atoms with E-state index in [4.69, 9.17) is 4.74 Å². The Labute approximate surface area is 207 Å². The van der Waals surface area contributed by atoms with E-state index in [0.29, 0.717) is 35.5 Å². The van der Waals surface area contributed by atoms with Crippen molar-refractivity contribution in [3.63, 3.8) is 0 Å². The van der Waals surface area contributed by atoms with Crippen molar-refractivity contribution in [1.29, 1.82) is 0 Å². The van der Waals surface area contributed by atoms with Crippen LogP contribution >= 0.6 is 11.8 Å². The van der Waals surface area contributed by atoms with E-state index in [9.17, 15) is 9.59 Å². The number of hydrogen-bond donors (Lipinski definition) is 3. The van der Waals surface area contributed by atoms with E-state index < -0.39 is 0 Å². The number of rotatable bonds is 10. The molecular weight excluding hydrogens is 466 g/mol. The average Bonchev–Trinajstić information content (AvgIpc) is 3.47. The molecule has 1 aromatic carbocycles. The smallest absolute Gasteiger partial charge is 0.263 e. The summed E-state index contributed by atoms with van der Waals surface area (Å²) in [5.74, 6) is 0.982. The highest BCUT2D eigenvalue weighted by Gasteiger charge is 2.22. The van der Waals surface area contributed by atoms with Crippen molar-refractivity contribution >= 4 is 52.6 Å². The third-order valence-electron chi connectivity index (χ3n) is 5.91. The molecule has 0 aliphatic carbocycles. The molecule has 0 unspecified atom stereocenters. The molecule has 1 fully saturated rings. The van der Waals surface area contributed by atoms with Crippen LogP contribution in [-0.2, 0) is 20.9 Å². The van der Waals surface area contributed by atoms with Gasteiger partial charge in [-0.1, -0.05) is 17.8 Å². The molecule has 0 spiro atoms. The zero-order valence-electron chi connectivity index (χ0n) is 19.8. The van der Waals surface area contributed by atoms with Crippen molar-refractivity contribution in [3.8, 4) is 0 Å². The average molecular weight is 496 g/mol. The Balaban J connectivity index is 1.35. The lowest BCUT2D eigenvalue weighted by molar-refractivity contribution is -0.126. The predicted octanol–water partition coefficient (Wildman–Crippen LogP) is 3.66. The van der Waals surface area contributed by atoms with Crippen LogP contribution < -0.4 is 10.6 Å². The monoisotopic (exact) mass is 495 g/mol. The molecule has 1 saturated heterocycles. The molecule has 0 saturated carbocycles. The van der Waals surface area contributed by atoms with Crippen LogP contribution in [0.15, 0.2) is 40.6 Å². The maximum atomic E-state index is 13.0. The number of aryl methyl sites for hydroxylation is 2. The van der Waals surface area contributed by atoms with Crippen LogP contribution in [0.3, 0.4) is 0 Å². The minimum absolute atomic E-state index is 0.0365. The van der Waals surface area contributed by atoms with E-state index in [-0.39, 0.29) is 24.2 Å². The topological polar surface area (TPSA) is 126 Å². The molecule has 0 radical (unpaired) electrons. The lowest BCUT2D eigenvalue weighted by atomic mass is 9.95. The number of benzene rings is 1. The molecule has 0 bridgehead atoms. The Morgan fingerprint density at radius 3 is 2.89 bits per heavy atom. The summed E-state index contributed by atoms with van der Waals surface area (Å²) in [6.45, 7) is 8.86. The fourth-order valence-electron chi connectivity index (χ4n) is 3.98. The zero-order chi connectivity index (χ0) is 24.8. The van der Waals surface area contributed by atoms with Crippen LogP contribution in [0.2, 0.25) is 0 Å². The normalized spacial score (nSPS) is 14.7. The highest BCUT2D eigenvalue weighted by atomic mass is 32.2. The van der Waals surface area contributed by atoms with Gasteiger partial charge >= 0.3 is 0 Å². The van der Waals surface area contributed by atoms with Gasteiger partial charge in [0.25, 0.3) is 5.91 Å². The molecule has 3 aromatic rings. The van der Waals surface area contributed by atoms with Gasteiger partial charge in [-0.15, -0.1) is 0 Å². The van der Waals surface area contributed by atoms with Crippen LogP contribution in [0.1, 0.15) is 24.0 Å². The molecule has 0 atom stereocenters. The minimum atomic E-state index is -0.287. The first-order chi connectivity index (χ1) is 17.0. The first-order valence-corrected chi connectivity index (χ1v) is 12.4. The summed E-state index contributed by atoms with van der Waals surface area (Å²) in [6, 6.07) is 3.85. The van der Waals surface area contributed by atoms with E-state index in [1.54, 1.807) is 10.9 Å². The van der Waals surface area contributed by atoms with Gasteiger partial charge in [-0.25, -0.2) is 0 Å². The number of amides is 1. The maximum absolute atomic E-state index is 13.0.